The summed E-state index contributed by atoms with van der Waals surface area (Å²) in [5, 5.41) is 8.77. The molecule has 0 aliphatic carbocycles. The zero-order valence-corrected chi connectivity index (χ0v) is 14.3. The molecule has 0 atom stereocenters. The third kappa shape index (κ3) is 5.56. The van der Waals surface area contributed by atoms with Crippen LogP contribution in [0.25, 0.3) is 0 Å². The highest BCUT2D eigenvalue weighted by Crippen LogP contribution is 2.13. The smallest absolute Gasteiger partial charge is 0.223 e. The second kappa shape index (κ2) is 10.5. The van der Waals surface area contributed by atoms with Crippen LogP contribution in [0.2, 0.25) is 0 Å². The van der Waals surface area contributed by atoms with Crippen molar-refractivity contribution in [2.75, 3.05) is 59.0 Å². The summed E-state index contributed by atoms with van der Waals surface area (Å²) >= 11 is 0. The summed E-state index contributed by atoms with van der Waals surface area (Å²) in [5.74, 6) is 0.0665. The molecule has 2 fully saturated rings. The zero-order chi connectivity index (χ0) is 16.4. The van der Waals surface area contributed by atoms with E-state index in [2.05, 4.69) is 15.9 Å². The van der Waals surface area contributed by atoms with E-state index in [-0.39, 0.29) is 12.5 Å². The summed E-state index contributed by atoms with van der Waals surface area (Å²) in [6.45, 7) is 13.5. The Morgan fingerprint density at radius 3 is 2.36 bits per heavy atom. The molecule has 2 saturated heterocycles. The second-order valence-corrected chi connectivity index (χ2v) is 5.40. The van der Waals surface area contributed by atoms with E-state index >= 15 is 0 Å². The van der Waals surface area contributed by atoms with Gasteiger partial charge in [0, 0.05) is 45.7 Å². The van der Waals surface area contributed by atoms with Gasteiger partial charge >= 0.3 is 0 Å². The van der Waals surface area contributed by atoms with Gasteiger partial charge in [0.1, 0.15) is 6.54 Å². The van der Waals surface area contributed by atoms with Crippen LogP contribution in [0.15, 0.2) is 0 Å². The molecule has 2 rings (SSSR count). The summed E-state index contributed by atoms with van der Waals surface area (Å²) in [5.41, 5.74) is 0. The molecule has 0 radical (unpaired) electrons. The molecular weight excluding hydrogens is 280 g/mol. The van der Waals surface area contributed by atoms with E-state index in [9.17, 15) is 4.79 Å². The minimum absolute atomic E-state index is 0.0665. The maximum absolute atomic E-state index is 11.7. The van der Waals surface area contributed by atoms with Crippen LogP contribution < -0.4 is 0 Å². The van der Waals surface area contributed by atoms with Crippen LogP contribution in [0.5, 0.6) is 0 Å². The van der Waals surface area contributed by atoms with E-state index in [1.807, 2.05) is 20.8 Å². The predicted octanol–water partition coefficient (Wildman–Crippen LogP) is 0.791. The Kier molecular flexibility index (Phi) is 9.05. The largest absolute Gasteiger partial charge is 0.378 e. The molecule has 6 heteroatoms. The van der Waals surface area contributed by atoms with Crippen molar-refractivity contribution in [1.82, 2.24) is 14.7 Å². The Balaban J connectivity index is 0.00000116. The number of hydrogen-bond donors (Lipinski definition) is 0. The molecule has 2 aliphatic heterocycles. The third-order valence-corrected chi connectivity index (χ3v) is 4.15. The van der Waals surface area contributed by atoms with Gasteiger partial charge in [-0.25, -0.2) is 0 Å². The molecule has 0 N–H and O–H groups in total. The van der Waals surface area contributed by atoms with E-state index in [4.69, 9.17) is 10.00 Å². The quantitative estimate of drug-likeness (QED) is 0.679. The topological polar surface area (TPSA) is 59.8 Å². The first kappa shape index (κ1) is 18.9. The van der Waals surface area contributed by atoms with Gasteiger partial charge in [0.2, 0.25) is 5.91 Å². The molecule has 0 unspecified atom stereocenters. The van der Waals surface area contributed by atoms with Crippen molar-refractivity contribution in [2.24, 2.45) is 0 Å². The molecule has 0 spiro atoms. The summed E-state index contributed by atoms with van der Waals surface area (Å²) in [7, 11) is 0. The molecule has 1 amide bonds. The Morgan fingerprint density at radius 2 is 1.91 bits per heavy atom. The first-order chi connectivity index (χ1) is 10.7. The number of carbonyl (C=O) groups excluding carboxylic acids is 1. The van der Waals surface area contributed by atoms with Crippen LogP contribution in [0, 0.1) is 11.3 Å². The maximum Gasteiger partial charge on any atom is 0.223 e. The number of rotatable bonds is 6. The molecular formula is C16H30N4O2. The normalized spacial score (nSPS) is 19.5. The monoisotopic (exact) mass is 310 g/mol. The molecule has 2 aliphatic rings. The number of nitrogens with zero attached hydrogens (tertiary/aromatic N) is 4. The van der Waals surface area contributed by atoms with Crippen LogP contribution in [0.3, 0.4) is 0 Å². The molecule has 22 heavy (non-hydrogen) atoms. The van der Waals surface area contributed by atoms with Gasteiger partial charge in [0.15, 0.2) is 0 Å². The van der Waals surface area contributed by atoms with Crippen molar-refractivity contribution >= 4 is 5.91 Å². The van der Waals surface area contributed by atoms with Crippen LogP contribution in [-0.2, 0) is 9.53 Å². The molecule has 6 nitrogen and oxygen atoms in total. The number of carbonyl (C=O) groups is 1. The lowest BCUT2D eigenvalue weighted by Gasteiger charge is -2.42. The van der Waals surface area contributed by atoms with Crippen molar-refractivity contribution in [3.8, 4) is 6.07 Å². The minimum Gasteiger partial charge on any atom is -0.378 e. The number of amides is 1. The standard InChI is InChI=1S/C14H24N4O2.C2H6/c1-2-14(19)18(4-3-15)10-7-16-5-8-17(9-6-16)13-11-20-12-13;1-2/h13H,2,4-12H2,1H3;1-2H3. The summed E-state index contributed by atoms with van der Waals surface area (Å²) in [4.78, 5) is 18.2. The molecule has 0 bridgehead atoms. The van der Waals surface area contributed by atoms with Gasteiger partial charge < -0.3 is 9.64 Å². The highest BCUT2D eigenvalue weighted by Gasteiger charge is 2.28. The fourth-order valence-corrected chi connectivity index (χ4v) is 2.65. The second-order valence-electron chi connectivity index (χ2n) is 5.40. The van der Waals surface area contributed by atoms with Crippen molar-refractivity contribution < 1.29 is 9.53 Å². The van der Waals surface area contributed by atoms with Gasteiger partial charge in [-0.05, 0) is 0 Å². The molecule has 126 valence electrons. The van der Waals surface area contributed by atoms with Crippen LogP contribution in [-0.4, -0.2) is 85.7 Å². The lowest BCUT2D eigenvalue weighted by molar-refractivity contribution is -0.130. The van der Waals surface area contributed by atoms with Crippen molar-refractivity contribution in [2.45, 2.75) is 33.2 Å². The lowest BCUT2D eigenvalue weighted by atomic mass is 10.2. The molecule has 0 aromatic rings. The maximum atomic E-state index is 11.7. The number of hydrogen-bond acceptors (Lipinski definition) is 5. The lowest BCUT2D eigenvalue weighted by Crippen LogP contribution is -2.57. The summed E-state index contributed by atoms with van der Waals surface area (Å²) < 4.78 is 5.23. The molecule has 0 aromatic heterocycles. The van der Waals surface area contributed by atoms with E-state index in [0.29, 0.717) is 19.0 Å². The van der Waals surface area contributed by atoms with Gasteiger partial charge in [0.05, 0.1) is 25.3 Å². The van der Waals surface area contributed by atoms with Crippen LogP contribution >= 0.6 is 0 Å². The Bertz CT molecular complexity index is 358. The SMILES string of the molecule is CC.CCC(=O)N(CC#N)CCN1CCN(C2COC2)CC1. The Labute approximate surface area is 134 Å². The van der Waals surface area contributed by atoms with E-state index in [1.165, 1.54) is 0 Å². The molecule has 0 saturated carbocycles. The van der Waals surface area contributed by atoms with Crippen molar-refractivity contribution in [3.05, 3.63) is 0 Å². The fourth-order valence-electron chi connectivity index (χ4n) is 2.65. The molecule has 0 aromatic carbocycles. The Morgan fingerprint density at radius 1 is 1.27 bits per heavy atom. The van der Waals surface area contributed by atoms with E-state index < -0.39 is 0 Å². The summed E-state index contributed by atoms with van der Waals surface area (Å²) in [6, 6.07) is 2.69. The number of piperazine rings is 1. The van der Waals surface area contributed by atoms with Gasteiger partial charge in [-0.3, -0.25) is 14.6 Å². The third-order valence-electron chi connectivity index (χ3n) is 4.15. The van der Waals surface area contributed by atoms with Crippen molar-refractivity contribution in [3.63, 3.8) is 0 Å². The van der Waals surface area contributed by atoms with Crippen molar-refractivity contribution in [1.29, 1.82) is 5.26 Å². The van der Waals surface area contributed by atoms with Gasteiger partial charge in [-0.15, -0.1) is 0 Å². The zero-order valence-electron chi connectivity index (χ0n) is 14.3. The van der Waals surface area contributed by atoms with E-state index in [1.54, 1.807) is 4.90 Å². The summed E-state index contributed by atoms with van der Waals surface area (Å²) in [6.07, 6.45) is 0.469. The predicted molar refractivity (Wildman–Crippen MR) is 86.5 cm³/mol. The highest BCUT2D eigenvalue weighted by atomic mass is 16.5. The number of nitriles is 1. The number of ether oxygens (including phenoxy) is 1. The van der Waals surface area contributed by atoms with Gasteiger partial charge in [0.25, 0.3) is 0 Å². The fraction of sp³-hybridized carbons (Fsp3) is 0.875. The first-order valence-corrected chi connectivity index (χ1v) is 8.43. The van der Waals surface area contributed by atoms with Gasteiger partial charge in [-0.2, -0.15) is 5.26 Å². The van der Waals surface area contributed by atoms with E-state index in [0.717, 1.165) is 45.9 Å². The highest BCUT2D eigenvalue weighted by molar-refractivity contribution is 5.76. The van der Waals surface area contributed by atoms with Crippen LogP contribution in [0.4, 0.5) is 0 Å². The Hall–Kier alpha value is -1.16. The van der Waals surface area contributed by atoms with Gasteiger partial charge in [-0.1, -0.05) is 20.8 Å². The minimum atomic E-state index is 0.0665. The van der Waals surface area contributed by atoms with Crippen LogP contribution in [0.1, 0.15) is 27.2 Å². The first-order valence-electron chi connectivity index (χ1n) is 8.43. The average molecular weight is 310 g/mol. The molecule has 2 heterocycles. The average Bonchev–Trinajstić information content (AvgIpc) is 2.52.